The molecule has 4 atom stereocenters. The van der Waals surface area contributed by atoms with E-state index < -0.39 is 0 Å². The number of hydrogen-bond donors (Lipinski definition) is 2. The minimum Gasteiger partial charge on any atom is -0.344 e. The van der Waals surface area contributed by atoms with Crippen molar-refractivity contribution in [1.82, 2.24) is 15.5 Å². The quantitative estimate of drug-likeness (QED) is 0.788. The van der Waals surface area contributed by atoms with Crippen molar-refractivity contribution >= 4 is 24.2 Å². The van der Waals surface area contributed by atoms with E-state index in [1.807, 2.05) is 0 Å². The molecule has 3 rings (SSSR count). The van der Waals surface area contributed by atoms with E-state index in [4.69, 9.17) is 0 Å². The molecule has 0 aromatic heterocycles. The Labute approximate surface area is 126 Å². The van der Waals surface area contributed by atoms with Crippen LogP contribution in [-0.4, -0.2) is 48.4 Å². The smallest absolute Gasteiger partial charge is 0.244 e. The van der Waals surface area contributed by atoms with Gasteiger partial charge in [-0.15, -0.1) is 12.4 Å². The first-order valence-corrected chi connectivity index (χ1v) is 7.46. The lowest BCUT2D eigenvalue weighted by Gasteiger charge is -2.24. The largest absolute Gasteiger partial charge is 0.344 e. The molecule has 3 fully saturated rings. The first-order valence-electron chi connectivity index (χ1n) is 7.46. The van der Waals surface area contributed by atoms with Crippen molar-refractivity contribution in [1.29, 1.82) is 0 Å². The van der Waals surface area contributed by atoms with E-state index in [2.05, 4.69) is 10.6 Å². The minimum atomic E-state index is -0.304. The zero-order valence-electron chi connectivity index (χ0n) is 11.9. The average molecular weight is 302 g/mol. The SMILES string of the molecule is CN1CCC(NC(=O)C2CC3CCCCC3N2)C1=O.Cl. The van der Waals surface area contributed by atoms with Crippen LogP contribution in [-0.2, 0) is 9.59 Å². The highest BCUT2D eigenvalue weighted by Crippen LogP contribution is 2.33. The number of amides is 2. The molecule has 0 bridgehead atoms. The number of likely N-dealkylation sites (tertiary alicyclic amines) is 1. The monoisotopic (exact) mass is 301 g/mol. The lowest BCUT2D eigenvalue weighted by molar-refractivity contribution is -0.132. The van der Waals surface area contributed by atoms with Gasteiger partial charge in [-0.05, 0) is 31.6 Å². The molecule has 4 unspecified atom stereocenters. The van der Waals surface area contributed by atoms with Crippen molar-refractivity contribution in [3.63, 3.8) is 0 Å². The molecule has 3 aliphatic rings. The van der Waals surface area contributed by atoms with Gasteiger partial charge in [-0.2, -0.15) is 0 Å². The Hall–Kier alpha value is -0.810. The van der Waals surface area contributed by atoms with Crippen molar-refractivity contribution in [2.75, 3.05) is 13.6 Å². The van der Waals surface area contributed by atoms with E-state index in [0.717, 1.165) is 19.4 Å². The van der Waals surface area contributed by atoms with Crippen molar-refractivity contribution in [2.24, 2.45) is 5.92 Å². The summed E-state index contributed by atoms with van der Waals surface area (Å²) in [5, 5.41) is 6.37. The molecule has 5 nitrogen and oxygen atoms in total. The van der Waals surface area contributed by atoms with Gasteiger partial charge in [-0.25, -0.2) is 0 Å². The number of fused-ring (bicyclic) bond motifs is 1. The fourth-order valence-corrected chi connectivity index (χ4v) is 3.75. The molecule has 2 aliphatic heterocycles. The predicted octanol–water partition coefficient (Wildman–Crippen LogP) is 0.676. The van der Waals surface area contributed by atoms with Crippen molar-refractivity contribution in [3.05, 3.63) is 0 Å². The zero-order valence-corrected chi connectivity index (χ0v) is 12.7. The molecular formula is C14H24ClN3O2. The molecule has 0 aromatic carbocycles. The minimum absolute atomic E-state index is 0. The predicted molar refractivity (Wildman–Crippen MR) is 78.7 cm³/mol. The van der Waals surface area contributed by atoms with E-state index in [0.29, 0.717) is 12.0 Å². The van der Waals surface area contributed by atoms with Crippen LogP contribution in [0.5, 0.6) is 0 Å². The van der Waals surface area contributed by atoms with E-state index >= 15 is 0 Å². The maximum absolute atomic E-state index is 12.3. The van der Waals surface area contributed by atoms with E-state index in [-0.39, 0.29) is 36.3 Å². The second-order valence-corrected chi connectivity index (χ2v) is 6.22. The number of nitrogens with zero attached hydrogens (tertiary/aromatic N) is 1. The molecule has 0 aromatic rings. The number of likely N-dealkylation sites (N-methyl/N-ethyl adjacent to an activating group) is 1. The van der Waals surface area contributed by atoms with Crippen LogP contribution < -0.4 is 10.6 Å². The van der Waals surface area contributed by atoms with Crippen LogP contribution in [0, 0.1) is 5.92 Å². The summed E-state index contributed by atoms with van der Waals surface area (Å²) in [6.45, 7) is 0.743. The van der Waals surface area contributed by atoms with Crippen molar-refractivity contribution in [3.8, 4) is 0 Å². The van der Waals surface area contributed by atoms with Crippen LogP contribution in [0.1, 0.15) is 38.5 Å². The van der Waals surface area contributed by atoms with Crippen LogP contribution in [0.15, 0.2) is 0 Å². The Kier molecular flexibility index (Phi) is 4.91. The Bertz CT molecular complexity index is 377. The zero-order chi connectivity index (χ0) is 13.4. The van der Waals surface area contributed by atoms with Gasteiger partial charge in [0, 0.05) is 19.6 Å². The van der Waals surface area contributed by atoms with Gasteiger partial charge in [0.1, 0.15) is 6.04 Å². The van der Waals surface area contributed by atoms with Crippen LogP contribution in [0.4, 0.5) is 0 Å². The standard InChI is InChI=1S/C14H23N3O2.ClH/c1-17-7-6-11(14(17)19)16-13(18)12-8-9-4-2-3-5-10(9)15-12;/h9-12,15H,2-8H2,1H3,(H,16,18);1H. The fraction of sp³-hybridized carbons (Fsp3) is 0.857. The van der Waals surface area contributed by atoms with Gasteiger partial charge in [-0.1, -0.05) is 12.8 Å². The Balaban J connectivity index is 0.00000147. The maximum Gasteiger partial charge on any atom is 0.244 e. The van der Waals surface area contributed by atoms with Gasteiger partial charge < -0.3 is 15.5 Å². The van der Waals surface area contributed by atoms with Crippen LogP contribution in [0.3, 0.4) is 0 Å². The maximum atomic E-state index is 12.3. The number of nitrogens with one attached hydrogen (secondary N) is 2. The summed E-state index contributed by atoms with van der Waals surface area (Å²) in [7, 11) is 1.79. The Morgan fingerprint density at radius 3 is 2.70 bits per heavy atom. The number of carbonyl (C=O) groups excluding carboxylic acids is 2. The highest BCUT2D eigenvalue weighted by atomic mass is 35.5. The van der Waals surface area contributed by atoms with Gasteiger partial charge in [0.15, 0.2) is 0 Å². The number of rotatable bonds is 2. The molecule has 2 saturated heterocycles. The number of hydrogen-bond acceptors (Lipinski definition) is 3. The van der Waals surface area contributed by atoms with Crippen LogP contribution in [0.25, 0.3) is 0 Å². The van der Waals surface area contributed by atoms with Gasteiger partial charge in [0.05, 0.1) is 6.04 Å². The lowest BCUT2D eigenvalue weighted by atomic mass is 9.85. The molecule has 114 valence electrons. The Morgan fingerprint density at radius 1 is 1.30 bits per heavy atom. The molecule has 0 radical (unpaired) electrons. The third-order valence-electron chi connectivity index (χ3n) is 4.92. The summed E-state index contributed by atoms with van der Waals surface area (Å²) in [6, 6.07) is 0.125. The third kappa shape index (κ3) is 2.93. The summed E-state index contributed by atoms with van der Waals surface area (Å²) >= 11 is 0. The van der Waals surface area contributed by atoms with Gasteiger partial charge >= 0.3 is 0 Å². The van der Waals surface area contributed by atoms with E-state index in [1.54, 1.807) is 11.9 Å². The lowest BCUT2D eigenvalue weighted by Crippen LogP contribution is -2.48. The summed E-state index contributed by atoms with van der Waals surface area (Å²) in [6.07, 6.45) is 6.68. The van der Waals surface area contributed by atoms with Crippen LogP contribution >= 0.6 is 12.4 Å². The van der Waals surface area contributed by atoms with E-state index in [1.165, 1.54) is 25.7 Å². The second-order valence-electron chi connectivity index (χ2n) is 6.22. The first kappa shape index (κ1) is 15.6. The summed E-state index contributed by atoms with van der Waals surface area (Å²) in [5.74, 6) is 0.721. The van der Waals surface area contributed by atoms with Crippen LogP contribution in [0.2, 0.25) is 0 Å². The topological polar surface area (TPSA) is 61.4 Å². The molecule has 1 saturated carbocycles. The van der Waals surface area contributed by atoms with Crippen molar-refractivity contribution in [2.45, 2.75) is 56.7 Å². The fourth-order valence-electron chi connectivity index (χ4n) is 3.75. The number of halogens is 1. The normalized spacial score (nSPS) is 36.5. The van der Waals surface area contributed by atoms with Gasteiger partial charge in [0.2, 0.25) is 11.8 Å². The first-order chi connectivity index (χ1) is 9.15. The molecule has 2 amide bonds. The van der Waals surface area contributed by atoms with Gasteiger partial charge in [0.25, 0.3) is 0 Å². The second kappa shape index (κ2) is 6.31. The molecule has 0 spiro atoms. The summed E-state index contributed by atoms with van der Waals surface area (Å²) < 4.78 is 0. The highest BCUT2D eigenvalue weighted by molar-refractivity contribution is 5.91. The van der Waals surface area contributed by atoms with E-state index in [9.17, 15) is 9.59 Å². The summed E-state index contributed by atoms with van der Waals surface area (Å²) in [4.78, 5) is 25.7. The third-order valence-corrected chi connectivity index (χ3v) is 4.92. The average Bonchev–Trinajstić information content (AvgIpc) is 2.97. The molecular weight excluding hydrogens is 278 g/mol. The molecule has 2 heterocycles. The highest BCUT2D eigenvalue weighted by Gasteiger charge is 2.40. The summed E-state index contributed by atoms with van der Waals surface area (Å²) in [5.41, 5.74) is 0. The molecule has 20 heavy (non-hydrogen) atoms. The molecule has 1 aliphatic carbocycles. The molecule has 2 N–H and O–H groups in total. The Morgan fingerprint density at radius 2 is 2.05 bits per heavy atom. The van der Waals surface area contributed by atoms with Gasteiger partial charge in [-0.3, -0.25) is 9.59 Å². The van der Waals surface area contributed by atoms with Crippen molar-refractivity contribution < 1.29 is 9.59 Å². The molecule has 6 heteroatoms. The number of carbonyl (C=O) groups is 2.